The fourth-order valence-corrected chi connectivity index (χ4v) is 2.93. The van der Waals surface area contributed by atoms with Gasteiger partial charge in [0, 0.05) is 19.1 Å². The first-order valence-corrected chi connectivity index (χ1v) is 7.66. The van der Waals surface area contributed by atoms with Crippen molar-refractivity contribution >= 4 is 5.97 Å². The molecule has 118 valence electrons. The van der Waals surface area contributed by atoms with Gasteiger partial charge >= 0.3 is 5.97 Å². The van der Waals surface area contributed by atoms with E-state index in [9.17, 15) is 9.90 Å². The lowest BCUT2D eigenvalue weighted by molar-refractivity contribution is -0.145. The number of hydrogen-bond acceptors (Lipinski definition) is 4. The van der Waals surface area contributed by atoms with E-state index < -0.39 is 11.5 Å². The van der Waals surface area contributed by atoms with Gasteiger partial charge < -0.3 is 15.2 Å². The Kier molecular flexibility index (Phi) is 6.43. The number of aliphatic carboxylic acids is 1. The van der Waals surface area contributed by atoms with Crippen molar-refractivity contribution in [2.24, 2.45) is 0 Å². The lowest BCUT2D eigenvalue weighted by Gasteiger charge is -2.41. The summed E-state index contributed by atoms with van der Waals surface area (Å²) in [6.07, 6.45) is 1.95. The number of carboxylic acid groups (broad SMARTS) is 1. The first kappa shape index (κ1) is 17.4. The molecule has 5 nitrogen and oxygen atoms in total. The second kappa shape index (κ2) is 7.38. The van der Waals surface area contributed by atoms with Crippen LogP contribution in [0.5, 0.6) is 0 Å². The quantitative estimate of drug-likeness (QED) is 0.746. The van der Waals surface area contributed by atoms with Crippen LogP contribution in [0, 0.1) is 0 Å². The molecule has 2 N–H and O–H groups in total. The van der Waals surface area contributed by atoms with E-state index in [1.807, 2.05) is 6.92 Å². The molecule has 1 rings (SSSR count). The van der Waals surface area contributed by atoms with Gasteiger partial charge in [-0.05, 0) is 47.1 Å². The lowest BCUT2D eigenvalue weighted by atomic mass is 9.92. The van der Waals surface area contributed by atoms with E-state index in [1.54, 1.807) is 6.92 Å². The summed E-state index contributed by atoms with van der Waals surface area (Å²) in [5.74, 6) is -0.771. The first-order chi connectivity index (χ1) is 9.28. The van der Waals surface area contributed by atoms with Crippen LogP contribution in [0.25, 0.3) is 0 Å². The van der Waals surface area contributed by atoms with Crippen molar-refractivity contribution in [3.8, 4) is 0 Å². The van der Waals surface area contributed by atoms with E-state index in [0.29, 0.717) is 6.42 Å². The molecular formula is C15H30N2O3. The summed E-state index contributed by atoms with van der Waals surface area (Å²) in [7, 11) is 0. The molecule has 1 aliphatic heterocycles. The van der Waals surface area contributed by atoms with Crippen LogP contribution in [-0.2, 0) is 9.53 Å². The number of rotatable bonds is 7. The molecule has 2 unspecified atom stereocenters. The third-order valence-corrected chi connectivity index (χ3v) is 4.01. The first-order valence-electron chi connectivity index (χ1n) is 7.66. The van der Waals surface area contributed by atoms with Gasteiger partial charge in [-0.25, -0.2) is 0 Å². The highest BCUT2D eigenvalue weighted by molar-refractivity contribution is 5.78. The predicted octanol–water partition coefficient (Wildman–Crippen LogP) is 1.72. The standard InChI is InChI=1S/C15H30N2O3/c1-6-7-16-15(5,14(18)19)8-11(2)17-9-12(3)20-13(4)10-17/h11-13,16H,6-10H2,1-5H3,(H,18,19)/t11?,12-,13+,15?. The summed E-state index contributed by atoms with van der Waals surface area (Å²) < 4.78 is 5.74. The van der Waals surface area contributed by atoms with Crippen LogP contribution >= 0.6 is 0 Å². The van der Waals surface area contributed by atoms with Crippen molar-refractivity contribution in [1.82, 2.24) is 10.2 Å². The smallest absolute Gasteiger partial charge is 0.323 e. The molecule has 0 aromatic heterocycles. The second-order valence-electron chi connectivity index (χ2n) is 6.33. The van der Waals surface area contributed by atoms with Crippen molar-refractivity contribution in [2.75, 3.05) is 19.6 Å². The number of carboxylic acids is 1. The maximum Gasteiger partial charge on any atom is 0.323 e. The largest absolute Gasteiger partial charge is 0.480 e. The van der Waals surface area contributed by atoms with Gasteiger partial charge in [0.25, 0.3) is 0 Å². The highest BCUT2D eigenvalue weighted by Gasteiger charge is 2.36. The maximum atomic E-state index is 11.6. The Morgan fingerprint density at radius 3 is 2.45 bits per heavy atom. The molecule has 1 aliphatic rings. The van der Waals surface area contributed by atoms with Crippen LogP contribution in [0.1, 0.15) is 47.5 Å². The summed E-state index contributed by atoms with van der Waals surface area (Å²) in [5.41, 5.74) is -0.861. The summed E-state index contributed by atoms with van der Waals surface area (Å²) >= 11 is 0. The number of hydrogen-bond donors (Lipinski definition) is 2. The predicted molar refractivity (Wildman–Crippen MR) is 80.0 cm³/mol. The van der Waals surface area contributed by atoms with Gasteiger partial charge in [-0.15, -0.1) is 0 Å². The maximum absolute atomic E-state index is 11.6. The minimum Gasteiger partial charge on any atom is -0.480 e. The SMILES string of the molecule is CCCNC(C)(CC(C)N1C[C@@H](C)O[C@@H](C)C1)C(=O)O. The zero-order valence-electron chi connectivity index (χ0n) is 13.5. The zero-order valence-corrected chi connectivity index (χ0v) is 13.5. The zero-order chi connectivity index (χ0) is 15.3. The van der Waals surface area contributed by atoms with Crippen LogP contribution in [0.4, 0.5) is 0 Å². The Bertz CT molecular complexity index is 314. The van der Waals surface area contributed by atoms with E-state index in [-0.39, 0.29) is 18.2 Å². The molecule has 1 saturated heterocycles. The van der Waals surface area contributed by atoms with Crippen molar-refractivity contribution in [3.63, 3.8) is 0 Å². The van der Waals surface area contributed by atoms with Gasteiger partial charge in [0.15, 0.2) is 0 Å². The highest BCUT2D eigenvalue weighted by Crippen LogP contribution is 2.21. The van der Waals surface area contributed by atoms with Crippen LogP contribution < -0.4 is 5.32 Å². The molecule has 0 bridgehead atoms. The molecule has 0 aliphatic carbocycles. The van der Waals surface area contributed by atoms with Crippen LogP contribution in [0.3, 0.4) is 0 Å². The third-order valence-electron chi connectivity index (χ3n) is 4.01. The van der Waals surface area contributed by atoms with E-state index in [0.717, 1.165) is 26.1 Å². The normalized spacial score (nSPS) is 28.9. The Morgan fingerprint density at radius 2 is 2.00 bits per heavy atom. The fraction of sp³-hybridized carbons (Fsp3) is 0.933. The minimum absolute atomic E-state index is 0.209. The fourth-order valence-electron chi connectivity index (χ4n) is 2.93. The van der Waals surface area contributed by atoms with Gasteiger partial charge in [-0.3, -0.25) is 9.69 Å². The van der Waals surface area contributed by atoms with E-state index >= 15 is 0 Å². The summed E-state index contributed by atoms with van der Waals surface area (Å²) in [4.78, 5) is 13.9. The van der Waals surface area contributed by atoms with Gasteiger partial charge in [-0.1, -0.05) is 6.92 Å². The summed E-state index contributed by atoms with van der Waals surface area (Å²) in [6.45, 7) is 12.6. The molecule has 1 fully saturated rings. The Morgan fingerprint density at radius 1 is 1.45 bits per heavy atom. The van der Waals surface area contributed by atoms with Crippen LogP contribution in [0.15, 0.2) is 0 Å². The molecule has 0 amide bonds. The molecule has 20 heavy (non-hydrogen) atoms. The van der Waals surface area contributed by atoms with Crippen LogP contribution in [-0.4, -0.2) is 59.4 Å². The Labute approximate surface area is 122 Å². The number of nitrogens with zero attached hydrogens (tertiary/aromatic N) is 1. The van der Waals surface area contributed by atoms with E-state index in [4.69, 9.17) is 4.74 Å². The van der Waals surface area contributed by atoms with Gasteiger partial charge in [0.1, 0.15) is 5.54 Å². The Hall–Kier alpha value is -0.650. The van der Waals surface area contributed by atoms with E-state index in [1.165, 1.54) is 0 Å². The molecular weight excluding hydrogens is 256 g/mol. The lowest BCUT2D eigenvalue weighted by Crippen LogP contribution is -2.56. The Balaban J connectivity index is 2.65. The molecule has 0 aromatic rings. The van der Waals surface area contributed by atoms with Crippen molar-refractivity contribution in [1.29, 1.82) is 0 Å². The molecule has 0 spiro atoms. The third kappa shape index (κ3) is 4.72. The minimum atomic E-state index is -0.861. The van der Waals surface area contributed by atoms with Gasteiger partial charge in [0.05, 0.1) is 12.2 Å². The number of nitrogens with one attached hydrogen (secondary N) is 1. The van der Waals surface area contributed by atoms with Gasteiger partial charge in [-0.2, -0.15) is 0 Å². The van der Waals surface area contributed by atoms with Crippen LogP contribution in [0.2, 0.25) is 0 Å². The molecule has 0 aromatic carbocycles. The number of morpholine rings is 1. The molecule has 5 heteroatoms. The van der Waals surface area contributed by atoms with Crippen molar-refractivity contribution < 1.29 is 14.6 Å². The average Bonchev–Trinajstić information content (AvgIpc) is 2.35. The second-order valence-corrected chi connectivity index (χ2v) is 6.33. The number of ether oxygens (including phenoxy) is 1. The van der Waals surface area contributed by atoms with Crippen molar-refractivity contribution in [2.45, 2.75) is 71.2 Å². The monoisotopic (exact) mass is 286 g/mol. The highest BCUT2D eigenvalue weighted by atomic mass is 16.5. The van der Waals surface area contributed by atoms with E-state index in [2.05, 4.69) is 31.0 Å². The summed E-state index contributed by atoms with van der Waals surface area (Å²) in [5, 5.41) is 12.7. The summed E-state index contributed by atoms with van der Waals surface area (Å²) in [6, 6.07) is 0.217. The molecule has 1 heterocycles. The average molecular weight is 286 g/mol. The topological polar surface area (TPSA) is 61.8 Å². The molecule has 0 saturated carbocycles. The number of carbonyl (C=O) groups is 1. The van der Waals surface area contributed by atoms with Gasteiger partial charge in [0.2, 0.25) is 0 Å². The molecule has 4 atom stereocenters. The van der Waals surface area contributed by atoms with Crippen molar-refractivity contribution in [3.05, 3.63) is 0 Å². The molecule has 0 radical (unpaired) electrons.